The van der Waals surface area contributed by atoms with Gasteiger partial charge in [-0.1, -0.05) is 72.8 Å². The van der Waals surface area contributed by atoms with Gasteiger partial charge in [0.15, 0.2) is 0 Å². The Balaban J connectivity index is 1.20. The zero-order chi connectivity index (χ0) is 31.9. The number of nitrogens with one attached hydrogen (secondary N) is 1. The molecule has 0 spiro atoms. The Kier molecular flexibility index (Phi) is 10.1. The largest absolute Gasteiger partial charge is 0.478 e. The molecule has 2 aliphatic rings. The third-order valence-corrected chi connectivity index (χ3v) is 8.48. The maximum atomic E-state index is 13.4. The van der Waals surface area contributed by atoms with Crippen LogP contribution in [-0.2, 0) is 14.3 Å². The standard InChI is InChI=1S/C35H38N4O6/c1-24-30(34(40)41)32(28-15-9-16-29(23-28)39(43)44)31(25(2)36-24)35(42)45-22-10-17-37-18-20-38(21-19-37)33(26-11-5-3-6-12-26)27-13-7-4-8-14-27/h3-9,11-16,23,32-33,36H,10,17-22H2,1-2H3,(H,40,41). The molecule has 10 nitrogen and oxygen atoms in total. The summed E-state index contributed by atoms with van der Waals surface area (Å²) in [6, 6.07) is 27.0. The number of ether oxygens (including phenoxy) is 1. The predicted molar refractivity (Wildman–Crippen MR) is 170 cm³/mol. The van der Waals surface area contributed by atoms with E-state index in [1.807, 2.05) is 12.1 Å². The number of benzene rings is 3. The third kappa shape index (κ3) is 7.30. The van der Waals surface area contributed by atoms with Crippen LogP contribution < -0.4 is 5.32 Å². The van der Waals surface area contributed by atoms with Crippen molar-refractivity contribution in [2.24, 2.45) is 0 Å². The lowest BCUT2D eigenvalue weighted by atomic mass is 9.80. The van der Waals surface area contributed by atoms with Gasteiger partial charge in [0.1, 0.15) is 0 Å². The molecule has 2 heterocycles. The topological polar surface area (TPSA) is 125 Å². The van der Waals surface area contributed by atoms with Crippen molar-refractivity contribution >= 4 is 17.6 Å². The number of allylic oxidation sites excluding steroid dienone is 2. The van der Waals surface area contributed by atoms with Crippen LogP contribution in [0.2, 0.25) is 0 Å². The number of nitro benzene ring substituents is 1. The fourth-order valence-corrected chi connectivity index (χ4v) is 6.36. The number of carbonyl (C=O) groups is 2. The molecule has 234 valence electrons. The van der Waals surface area contributed by atoms with E-state index in [0.717, 1.165) is 32.7 Å². The predicted octanol–water partition coefficient (Wildman–Crippen LogP) is 5.25. The van der Waals surface area contributed by atoms with E-state index < -0.39 is 22.8 Å². The summed E-state index contributed by atoms with van der Waals surface area (Å²) >= 11 is 0. The van der Waals surface area contributed by atoms with E-state index in [-0.39, 0.29) is 29.5 Å². The average Bonchev–Trinajstić information content (AvgIpc) is 3.04. The average molecular weight is 611 g/mol. The lowest BCUT2D eigenvalue weighted by Gasteiger charge is -2.39. The van der Waals surface area contributed by atoms with Crippen LogP contribution in [0, 0.1) is 10.1 Å². The summed E-state index contributed by atoms with van der Waals surface area (Å²) < 4.78 is 5.69. The molecular formula is C35H38N4O6. The van der Waals surface area contributed by atoms with E-state index in [9.17, 15) is 24.8 Å². The summed E-state index contributed by atoms with van der Waals surface area (Å²) in [7, 11) is 0. The van der Waals surface area contributed by atoms with Gasteiger partial charge in [-0.05, 0) is 37.0 Å². The fourth-order valence-electron chi connectivity index (χ4n) is 6.36. The Morgan fingerprint density at radius 1 is 0.911 bits per heavy atom. The van der Waals surface area contributed by atoms with Gasteiger partial charge in [-0.25, -0.2) is 9.59 Å². The summed E-state index contributed by atoms with van der Waals surface area (Å²) in [5, 5.41) is 24.5. The Morgan fingerprint density at radius 2 is 1.51 bits per heavy atom. The van der Waals surface area contributed by atoms with Crippen LogP contribution in [0.4, 0.5) is 5.69 Å². The van der Waals surface area contributed by atoms with Crippen molar-refractivity contribution in [3.63, 3.8) is 0 Å². The summed E-state index contributed by atoms with van der Waals surface area (Å²) in [5.74, 6) is -2.86. The van der Waals surface area contributed by atoms with Crippen molar-refractivity contribution in [3.05, 3.63) is 134 Å². The highest BCUT2D eigenvalue weighted by Crippen LogP contribution is 2.39. The molecule has 0 saturated carbocycles. The Bertz CT molecular complexity index is 1560. The molecule has 3 aromatic carbocycles. The number of carbonyl (C=O) groups excluding carboxylic acids is 1. The number of nitrogens with zero attached hydrogens (tertiary/aromatic N) is 3. The van der Waals surface area contributed by atoms with Gasteiger partial charge >= 0.3 is 11.9 Å². The van der Waals surface area contributed by atoms with Crippen LogP contribution in [0.5, 0.6) is 0 Å². The first-order valence-electron chi connectivity index (χ1n) is 15.1. The van der Waals surface area contributed by atoms with Gasteiger partial charge in [-0.15, -0.1) is 0 Å². The minimum atomic E-state index is -1.21. The van der Waals surface area contributed by atoms with Gasteiger partial charge < -0.3 is 20.1 Å². The van der Waals surface area contributed by atoms with Gasteiger partial charge in [0.05, 0.1) is 34.6 Å². The normalized spacial score (nSPS) is 17.7. The lowest BCUT2D eigenvalue weighted by molar-refractivity contribution is -0.384. The van der Waals surface area contributed by atoms with E-state index >= 15 is 0 Å². The van der Waals surface area contributed by atoms with Gasteiger partial charge in [0, 0.05) is 56.3 Å². The Hall–Kier alpha value is -4.80. The van der Waals surface area contributed by atoms with E-state index in [1.54, 1.807) is 19.9 Å². The number of piperazine rings is 1. The SMILES string of the molecule is CC1=C(C(=O)O)C(c2cccc([N+](=O)[O-])c2)C(C(=O)OCCCN2CCN(C(c3ccccc3)c3ccccc3)CC2)=C(C)N1. The highest BCUT2D eigenvalue weighted by Gasteiger charge is 2.38. The molecule has 1 saturated heterocycles. The molecule has 2 N–H and O–H groups in total. The number of rotatable bonds is 11. The molecule has 5 rings (SSSR count). The van der Waals surface area contributed by atoms with Gasteiger partial charge in [-0.2, -0.15) is 0 Å². The third-order valence-electron chi connectivity index (χ3n) is 8.48. The molecule has 0 aromatic heterocycles. The molecule has 1 atom stereocenters. The zero-order valence-corrected chi connectivity index (χ0v) is 25.5. The number of carboxylic acid groups (broad SMARTS) is 1. The number of non-ortho nitro benzene ring substituents is 1. The van der Waals surface area contributed by atoms with Crippen molar-refractivity contribution in [1.29, 1.82) is 0 Å². The van der Waals surface area contributed by atoms with Crippen molar-refractivity contribution < 1.29 is 24.4 Å². The molecule has 0 bridgehead atoms. The molecule has 0 amide bonds. The minimum absolute atomic E-state index is 0.0461. The quantitative estimate of drug-likeness (QED) is 0.130. The summed E-state index contributed by atoms with van der Waals surface area (Å²) in [6.45, 7) is 7.80. The smallest absolute Gasteiger partial charge is 0.336 e. The monoisotopic (exact) mass is 610 g/mol. The van der Waals surface area contributed by atoms with Gasteiger partial charge in [0.2, 0.25) is 0 Å². The minimum Gasteiger partial charge on any atom is -0.478 e. The molecule has 3 aromatic rings. The molecule has 10 heteroatoms. The van der Waals surface area contributed by atoms with Crippen molar-refractivity contribution in [2.45, 2.75) is 32.2 Å². The number of hydrogen-bond donors (Lipinski definition) is 2. The molecule has 45 heavy (non-hydrogen) atoms. The van der Waals surface area contributed by atoms with Crippen LogP contribution in [0.15, 0.2) is 107 Å². The summed E-state index contributed by atoms with van der Waals surface area (Å²) in [4.78, 5) is 41.5. The van der Waals surface area contributed by atoms with Gasteiger partial charge in [0.25, 0.3) is 5.69 Å². The second kappa shape index (κ2) is 14.3. The van der Waals surface area contributed by atoms with Crippen molar-refractivity contribution in [3.8, 4) is 0 Å². The number of dihydropyridines is 1. The van der Waals surface area contributed by atoms with Crippen LogP contribution in [0.1, 0.15) is 48.9 Å². The van der Waals surface area contributed by atoms with Crippen LogP contribution in [-0.4, -0.2) is 71.1 Å². The second-order valence-electron chi connectivity index (χ2n) is 11.4. The maximum absolute atomic E-state index is 13.4. The van der Waals surface area contributed by atoms with Crippen LogP contribution >= 0.6 is 0 Å². The number of carboxylic acids is 1. The fraction of sp³-hybridized carbons (Fsp3) is 0.314. The van der Waals surface area contributed by atoms with E-state index in [0.29, 0.717) is 23.4 Å². The number of aliphatic carboxylic acids is 1. The Labute approximate surface area is 262 Å². The summed E-state index contributed by atoms with van der Waals surface area (Å²) in [6.07, 6.45) is 0.619. The van der Waals surface area contributed by atoms with E-state index in [2.05, 4.69) is 63.6 Å². The lowest BCUT2D eigenvalue weighted by Crippen LogP contribution is -2.48. The van der Waals surface area contributed by atoms with Crippen molar-refractivity contribution in [1.82, 2.24) is 15.1 Å². The highest BCUT2D eigenvalue weighted by molar-refractivity contribution is 5.99. The second-order valence-corrected chi connectivity index (χ2v) is 11.4. The van der Waals surface area contributed by atoms with E-state index in [4.69, 9.17) is 4.74 Å². The highest BCUT2D eigenvalue weighted by atomic mass is 16.6. The Morgan fingerprint density at radius 3 is 2.09 bits per heavy atom. The van der Waals surface area contributed by atoms with Crippen LogP contribution in [0.3, 0.4) is 0 Å². The zero-order valence-electron chi connectivity index (χ0n) is 25.5. The molecule has 2 aliphatic heterocycles. The molecule has 1 fully saturated rings. The van der Waals surface area contributed by atoms with E-state index in [1.165, 1.54) is 29.3 Å². The molecule has 0 aliphatic carbocycles. The molecular weight excluding hydrogens is 572 g/mol. The first-order valence-corrected chi connectivity index (χ1v) is 15.1. The number of esters is 1. The maximum Gasteiger partial charge on any atom is 0.336 e. The summed E-state index contributed by atoms with van der Waals surface area (Å²) in [5.41, 5.74) is 3.62. The van der Waals surface area contributed by atoms with Crippen molar-refractivity contribution in [2.75, 3.05) is 39.3 Å². The first-order chi connectivity index (χ1) is 21.7. The van der Waals surface area contributed by atoms with Gasteiger partial charge in [-0.3, -0.25) is 15.0 Å². The van der Waals surface area contributed by atoms with Crippen LogP contribution in [0.25, 0.3) is 0 Å². The first kappa shape index (κ1) is 31.6. The molecule has 0 radical (unpaired) electrons. The molecule has 1 unspecified atom stereocenters. The number of nitro groups is 1. The number of hydrogen-bond acceptors (Lipinski definition) is 8.